The Morgan fingerprint density at radius 3 is 2.79 bits per heavy atom. The predicted molar refractivity (Wildman–Crippen MR) is 71.7 cm³/mol. The van der Waals surface area contributed by atoms with Crippen molar-refractivity contribution in [3.05, 3.63) is 11.3 Å². The maximum absolute atomic E-state index is 11.7. The van der Waals surface area contributed by atoms with Gasteiger partial charge in [0.25, 0.3) is 0 Å². The average molecular weight is 287 g/mol. The highest BCUT2D eigenvalue weighted by Crippen LogP contribution is 2.20. The van der Waals surface area contributed by atoms with E-state index < -0.39 is 5.97 Å². The fraction of sp³-hybridized carbons (Fsp3) is 0.583. The van der Waals surface area contributed by atoms with Crippen LogP contribution in [0.5, 0.6) is 0 Å². The smallest absolute Gasteiger partial charge is 0.359 e. The maximum atomic E-state index is 11.7. The minimum atomic E-state index is -0.575. The van der Waals surface area contributed by atoms with Gasteiger partial charge in [-0.2, -0.15) is 0 Å². The summed E-state index contributed by atoms with van der Waals surface area (Å²) < 4.78 is 14.6. The van der Waals surface area contributed by atoms with Gasteiger partial charge in [-0.1, -0.05) is 13.8 Å². The summed E-state index contributed by atoms with van der Waals surface area (Å²) in [6.07, 6.45) is 0. The van der Waals surface area contributed by atoms with Crippen molar-refractivity contribution in [2.75, 3.05) is 26.3 Å². The van der Waals surface area contributed by atoms with E-state index in [0.717, 1.165) is 0 Å². The molecule has 6 nitrogen and oxygen atoms in total. The van der Waals surface area contributed by atoms with Gasteiger partial charge in [-0.3, -0.25) is 4.79 Å². The van der Waals surface area contributed by atoms with Crippen LogP contribution in [0, 0.1) is 5.92 Å². The summed E-state index contributed by atoms with van der Waals surface area (Å²) in [6, 6.07) is 0. The molecule has 1 rings (SSSR count). The number of rotatable bonds is 6. The molecule has 0 aromatic heterocycles. The number of hydrogen-bond donors (Lipinski definition) is 0. The highest BCUT2D eigenvalue weighted by Gasteiger charge is 2.20. The molecule has 0 amide bonds. The van der Waals surface area contributed by atoms with E-state index in [1.54, 1.807) is 19.4 Å². The van der Waals surface area contributed by atoms with Gasteiger partial charge >= 0.3 is 11.9 Å². The fourth-order valence-corrected chi connectivity index (χ4v) is 1.88. The number of ether oxygens (including phenoxy) is 3. The summed E-state index contributed by atoms with van der Waals surface area (Å²) in [5, 5.41) is 0. The molecule has 0 radical (unpaired) electrons. The van der Waals surface area contributed by atoms with Crippen LogP contribution in [0.25, 0.3) is 0 Å². The highest BCUT2D eigenvalue weighted by atomic mass is 32.2. The number of methoxy groups -OCH3 is 1. The number of esters is 2. The topological polar surface area (TPSA) is 74.2 Å². The van der Waals surface area contributed by atoms with Gasteiger partial charge in [-0.25, -0.2) is 9.79 Å². The number of aliphatic imine (C=N–C) groups is 1. The Labute approximate surface area is 116 Å². The lowest BCUT2D eigenvalue weighted by molar-refractivity contribution is -0.150. The lowest BCUT2D eigenvalue weighted by atomic mass is 10.2. The Morgan fingerprint density at radius 2 is 2.16 bits per heavy atom. The second kappa shape index (κ2) is 7.96. The summed E-state index contributed by atoms with van der Waals surface area (Å²) >= 11 is 1.43. The first-order valence-corrected chi connectivity index (χ1v) is 6.80. The van der Waals surface area contributed by atoms with Crippen LogP contribution < -0.4 is 0 Å². The Bertz CT molecular complexity index is 403. The summed E-state index contributed by atoms with van der Waals surface area (Å²) in [5.74, 6) is -0.540. The first kappa shape index (κ1) is 15.7. The molecule has 0 aromatic rings. The maximum Gasteiger partial charge on any atom is 0.359 e. The Balaban J connectivity index is 2.68. The minimum absolute atomic E-state index is 0.0543. The standard InChI is InChI=1S/C12H17NO5S/c1-8(2)11(14)17-4-9-5-19-6-13-10(9)12(15)18-7-16-3/h6,8H,4-5,7H2,1-3H3. The van der Waals surface area contributed by atoms with Crippen molar-refractivity contribution >= 4 is 29.2 Å². The second-order valence-electron chi connectivity index (χ2n) is 4.10. The van der Waals surface area contributed by atoms with Crippen LogP contribution in [0.1, 0.15) is 13.8 Å². The summed E-state index contributed by atoms with van der Waals surface area (Å²) in [5.41, 5.74) is 2.40. The van der Waals surface area contributed by atoms with Crippen LogP contribution in [-0.4, -0.2) is 43.7 Å². The van der Waals surface area contributed by atoms with Crippen molar-refractivity contribution in [1.82, 2.24) is 0 Å². The SMILES string of the molecule is COCOC(=O)C1=C(COC(=O)C(C)C)CSC=N1. The molecule has 0 N–H and O–H groups in total. The molecule has 0 aliphatic carbocycles. The fourth-order valence-electron chi connectivity index (χ4n) is 1.20. The molecule has 1 heterocycles. The van der Waals surface area contributed by atoms with Crippen LogP contribution in [-0.2, 0) is 23.8 Å². The summed E-state index contributed by atoms with van der Waals surface area (Å²) in [6.45, 7) is 3.42. The third-order valence-electron chi connectivity index (χ3n) is 2.21. The van der Waals surface area contributed by atoms with Crippen molar-refractivity contribution < 1.29 is 23.8 Å². The van der Waals surface area contributed by atoms with Gasteiger partial charge in [0.15, 0.2) is 12.5 Å². The van der Waals surface area contributed by atoms with Crippen LogP contribution in [0.2, 0.25) is 0 Å². The van der Waals surface area contributed by atoms with Crippen LogP contribution in [0.15, 0.2) is 16.3 Å². The van der Waals surface area contributed by atoms with Gasteiger partial charge in [0.05, 0.1) is 11.5 Å². The summed E-state index contributed by atoms with van der Waals surface area (Å²) in [4.78, 5) is 27.1. The largest absolute Gasteiger partial charge is 0.461 e. The van der Waals surface area contributed by atoms with E-state index in [0.29, 0.717) is 11.3 Å². The van der Waals surface area contributed by atoms with E-state index in [-0.39, 0.29) is 31.0 Å². The zero-order valence-electron chi connectivity index (χ0n) is 11.2. The van der Waals surface area contributed by atoms with E-state index >= 15 is 0 Å². The van der Waals surface area contributed by atoms with E-state index in [1.165, 1.54) is 18.9 Å². The molecule has 0 saturated carbocycles. The molecule has 106 valence electrons. The Morgan fingerprint density at radius 1 is 1.42 bits per heavy atom. The van der Waals surface area contributed by atoms with E-state index in [9.17, 15) is 9.59 Å². The van der Waals surface area contributed by atoms with E-state index in [2.05, 4.69) is 9.73 Å². The van der Waals surface area contributed by atoms with Gasteiger partial charge < -0.3 is 14.2 Å². The molecule has 7 heteroatoms. The summed E-state index contributed by atoms with van der Waals surface area (Å²) in [7, 11) is 1.42. The molecule has 0 aromatic carbocycles. The highest BCUT2D eigenvalue weighted by molar-refractivity contribution is 8.12. The first-order valence-electron chi connectivity index (χ1n) is 5.75. The number of hydrogen-bond acceptors (Lipinski definition) is 7. The molecular weight excluding hydrogens is 270 g/mol. The molecule has 0 unspecified atom stereocenters. The van der Waals surface area contributed by atoms with Crippen molar-refractivity contribution in [2.45, 2.75) is 13.8 Å². The number of carbonyl (C=O) groups is 2. The van der Waals surface area contributed by atoms with Crippen molar-refractivity contribution in [3.63, 3.8) is 0 Å². The lowest BCUT2D eigenvalue weighted by Gasteiger charge is -2.15. The number of thioether (sulfide) groups is 1. The monoisotopic (exact) mass is 287 g/mol. The Kier molecular flexibility index (Phi) is 6.58. The van der Waals surface area contributed by atoms with E-state index in [1.807, 2.05) is 0 Å². The molecule has 1 aliphatic heterocycles. The molecule has 0 spiro atoms. The number of nitrogens with zero attached hydrogens (tertiary/aromatic N) is 1. The molecular formula is C12H17NO5S. The molecule has 1 aliphatic rings. The zero-order valence-corrected chi connectivity index (χ0v) is 12.0. The van der Waals surface area contributed by atoms with Crippen molar-refractivity contribution in [2.24, 2.45) is 10.9 Å². The van der Waals surface area contributed by atoms with Gasteiger partial charge in [-0.05, 0) is 0 Å². The van der Waals surface area contributed by atoms with E-state index in [4.69, 9.17) is 9.47 Å². The van der Waals surface area contributed by atoms with Crippen LogP contribution >= 0.6 is 11.8 Å². The average Bonchev–Trinajstić information content (AvgIpc) is 2.42. The van der Waals surface area contributed by atoms with Gasteiger partial charge in [0.1, 0.15) is 6.61 Å². The normalized spacial score (nSPS) is 14.7. The third-order valence-corrected chi connectivity index (χ3v) is 2.98. The third kappa shape index (κ3) is 5.04. The van der Waals surface area contributed by atoms with Gasteiger partial charge in [0.2, 0.25) is 0 Å². The van der Waals surface area contributed by atoms with Crippen LogP contribution in [0.4, 0.5) is 0 Å². The number of carbonyl (C=O) groups excluding carboxylic acids is 2. The first-order chi connectivity index (χ1) is 9.06. The Hall–Kier alpha value is -1.34. The lowest BCUT2D eigenvalue weighted by Crippen LogP contribution is -2.19. The molecule has 0 saturated heterocycles. The molecule has 0 fully saturated rings. The molecule has 19 heavy (non-hydrogen) atoms. The molecule has 0 atom stereocenters. The second-order valence-corrected chi connectivity index (χ2v) is 4.93. The van der Waals surface area contributed by atoms with Gasteiger partial charge in [-0.15, -0.1) is 11.8 Å². The van der Waals surface area contributed by atoms with Crippen molar-refractivity contribution in [3.8, 4) is 0 Å². The quantitative estimate of drug-likeness (QED) is 0.542. The van der Waals surface area contributed by atoms with Crippen LogP contribution in [0.3, 0.4) is 0 Å². The predicted octanol–water partition coefficient (Wildman–Crippen LogP) is 1.36. The molecule has 0 bridgehead atoms. The van der Waals surface area contributed by atoms with Crippen molar-refractivity contribution in [1.29, 1.82) is 0 Å². The zero-order chi connectivity index (χ0) is 14.3. The minimum Gasteiger partial charge on any atom is -0.461 e. The van der Waals surface area contributed by atoms with Gasteiger partial charge in [0, 0.05) is 18.4 Å².